The van der Waals surface area contributed by atoms with Crippen LogP contribution in [0.1, 0.15) is 5.56 Å². The van der Waals surface area contributed by atoms with Gasteiger partial charge in [0, 0.05) is 35.1 Å². The van der Waals surface area contributed by atoms with Crippen LogP contribution >= 0.6 is 11.6 Å². The normalized spacial score (nSPS) is 13.7. The second-order valence-corrected chi connectivity index (χ2v) is 6.52. The van der Waals surface area contributed by atoms with E-state index in [1.54, 1.807) is 7.11 Å². The van der Waals surface area contributed by atoms with Gasteiger partial charge in [0.25, 0.3) is 0 Å². The SMILES string of the molecule is COCCOc1ccc(-c2[nH]c3ccc(Cl)cc3c2C2=NCCN2)cc1. The number of ether oxygens (including phenoxy) is 2. The fraction of sp³-hybridized carbons (Fsp3) is 0.250. The highest BCUT2D eigenvalue weighted by Gasteiger charge is 2.20. The average Bonchev–Trinajstić information content (AvgIpc) is 3.29. The maximum atomic E-state index is 6.23. The number of amidine groups is 1. The number of benzene rings is 2. The molecule has 0 bridgehead atoms. The number of hydrogen-bond donors (Lipinski definition) is 2. The van der Waals surface area contributed by atoms with Crippen molar-refractivity contribution in [2.75, 3.05) is 33.4 Å². The minimum Gasteiger partial charge on any atom is -0.491 e. The standard InChI is InChI=1S/C20H20ClN3O2/c1-25-10-11-26-15-5-2-13(3-6-15)19-18(20-22-8-9-23-20)16-12-14(21)4-7-17(16)24-19/h2-7,12,24H,8-11H2,1H3,(H,22,23). The fourth-order valence-corrected chi connectivity index (χ4v) is 3.32. The minimum atomic E-state index is 0.534. The number of aromatic amines is 1. The number of nitrogens with zero attached hydrogens (tertiary/aromatic N) is 1. The predicted octanol–water partition coefficient (Wildman–Crippen LogP) is 3.86. The summed E-state index contributed by atoms with van der Waals surface area (Å²) >= 11 is 6.23. The van der Waals surface area contributed by atoms with E-state index in [4.69, 9.17) is 21.1 Å². The molecule has 1 aromatic heterocycles. The Kier molecular flexibility index (Phi) is 4.82. The zero-order valence-corrected chi connectivity index (χ0v) is 15.3. The van der Waals surface area contributed by atoms with Crippen LogP contribution in [0.15, 0.2) is 47.5 Å². The fourth-order valence-electron chi connectivity index (χ4n) is 3.15. The van der Waals surface area contributed by atoms with E-state index in [9.17, 15) is 0 Å². The molecule has 26 heavy (non-hydrogen) atoms. The molecule has 0 saturated heterocycles. The lowest BCUT2D eigenvalue weighted by atomic mass is 10.0. The first kappa shape index (κ1) is 16.9. The molecule has 4 rings (SSSR count). The predicted molar refractivity (Wildman–Crippen MR) is 106 cm³/mol. The lowest BCUT2D eigenvalue weighted by Crippen LogP contribution is -2.19. The van der Waals surface area contributed by atoms with Crippen LogP contribution in [0, 0.1) is 0 Å². The molecule has 0 spiro atoms. The third-order valence-electron chi connectivity index (χ3n) is 4.37. The van der Waals surface area contributed by atoms with Gasteiger partial charge in [-0.25, -0.2) is 0 Å². The lowest BCUT2D eigenvalue weighted by Gasteiger charge is -2.08. The summed E-state index contributed by atoms with van der Waals surface area (Å²) in [5.74, 6) is 1.73. The van der Waals surface area contributed by atoms with Crippen LogP contribution in [-0.2, 0) is 4.74 Å². The zero-order valence-electron chi connectivity index (χ0n) is 14.5. The maximum Gasteiger partial charge on any atom is 0.131 e. The van der Waals surface area contributed by atoms with Crippen molar-refractivity contribution in [3.05, 3.63) is 53.1 Å². The van der Waals surface area contributed by atoms with Gasteiger partial charge >= 0.3 is 0 Å². The highest BCUT2D eigenvalue weighted by atomic mass is 35.5. The molecule has 0 unspecified atom stereocenters. The molecule has 0 amide bonds. The topological polar surface area (TPSA) is 58.6 Å². The van der Waals surface area contributed by atoms with Crippen molar-refractivity contribution in [3.63, 3.8) is 0 Å². The second-order valence-electron chi connectivity index (χ2n) is 6.09. The molecular weight excluding hydrogens is 350 g/mol. The number of hydrogen-bond acceptors (Lipinski definition) is 4. The first-order valence-electron chi connectivity index (χ1n) is 8.58. The van der Waals surface area contributed by atoms with Crippen LogP contribution in [0.4, 0.5) is 0 Å². The first-order valence-corrected chi connectivity index (χ1v) is 8.96. The molecule has 5 nitrogen and oxygen atoms in total. The van der Waals surface area contributed by atoms with E-state index in [0.29, 0.717) is 18.2 Å². The monoisotopic (exact) mass is 369 g/mol. The van der Waals surface area contributed by atoms with Crippen LogP contribution in [-0.4, -0.2) is 44.2 Å². The molecule has 6 heteroatoms. The third-order valence-corrected chi connectivity index (χ3v) is 4.61. The Morgan fingerprint density at radius 1 is 1.12 bits per heavy atom. The third kappa shape index (κ3) is 3.28. The van der Waals surface area contributed by atoms with Gasteiger partial charge in [-0.1, -0.05) is 11.6 Å². The van der Waals surface area contributed by atoms with Gasteiger partial charge in [-0.05, 0) is 48.0 Å². The second kappa shape index (κ2) is 7.40. The van der Waals surface area contributed by atoms with E-state index in [1.807, 2.05) is 42.5 Å². The number of aliphatic imine (C=N–C) groups is 1. The van der Waals surface area contributed by atoms with Gasteiger partial charge in [0.05, 0.1) is 18.8 Å². The van der Waals surface area contributed by atoms with Gasteiger partial charge in [-0.15, -0.1) is 0 Å². The largest absolute Gasteiger partial charge is 0.491 e. The number of halogens is 1. The molecule has 0 saturated carbocycles. The molecule has 0 radical (unpaired) electrons. The molecule has 2 aromatic carbocycles. The van der Waals surface area contributed by atoms with Crippen molar-refractivity contribution < 1.29 is 9.47 Å². The number of fused-ring (bicyclic) bond motifs is 1. The Bertz CT molecular complexity index is 948. The zero-order chi connectivity index (χ0) is 17.9. The van der Waals surface area contributed by atoms with Gasteiger partial charge in [0.2, 0.25) is 0 Å². The van der Waals surface area contributed by atoms with Crippen LogP contribution in [0.2, 0.25) is 5.02 Å². The maximum absolute atomic E-state index is 6.23. The summed E-state index contributed by atoms with van der Waals surface area (Å²) in [7, 11) is 1.66. The number of aromatic nitrogens is 1. The molecule has 134 valence electrons. The summed E-state index contributed by atoms with van der Waals surface area (Å²) in [5, 5.41) is 5.16. The van der Waals surface area contributed by atoms with Gasteiger partial charge in [-0.3, -0.25) is 4.99 Å². The van der Waals surface area contributed by atoms with Crippen LogP contribution in [0.5, 0.6) is 5.75 Å². The summed E-state index contributed by atoms with van der Waals surface area (Å²) in [6, 6.07) is 13.9. The molecule has 2 heterocycles. The van der Waals surface area contributed by atoms with E-state index < -0.39 is 0 Å². The van der Waals surface area contributed by atoms with Gasteiger partial charge in [0.15, 0.2) is 0 Å². The summed E-state index contributed by atoms with van der Waals surface area (Å²) in [5.41, 5.74) is 4.20. The number of rotatable bonds is 6. The van der Waals surface area contributed by atoms with E-state index in [0.717, 1.165) is 52.4 Å². The Morgan fingerprint density at radius 3 is 2.69 bits per heavy atom. The van der Waals surface area contributed by atoms with Gasteiger partial charge in [-0.2, -0.15) is 0 Å². The highest BCUT2D eigenvalue weighted by Crippen LogP contribution is 2.33. The van der Waals surface area contributed by atoms with Crippen molar-refractivity contribution in [3.8, 4) is 17.0 Å². The molecule has 1 aliphatic rings. The first-order chi connectivity index (χ1) is 12.8. The van der Waals surface area contributed by atoms with Gasteiger partial charge < -0.3 is 19.8 Å². The number of nitrogens with one attached hydrogen (secondary N) is 2. The Morgan fingerprint density at radius 2 is 1.96 bits per heavy atom. The molecule has 0 aliphatic carbocycles. The average molecular weight is 370 g/mol. The molecular formula is C20H20ClN3O2. The van der Waals surface area contributed by atoms with E-state index in [2.05, 4.69) is 15.3 Å². The van der Waals surface area contributed by atoms with Gasteiger partial charge in [0.1, 0.15) is 18.2 Å². The Hall–Kier alpha value is -2.50. The number of H-pyrrole nitrogens is 1. The summed E-state index contributed by atoms with van der Waals surface area (Å²) in [6.45, 7) is 2.75. The van der Waals surface area contributed by atoms with Crippen molar-refractivity contribution in [2.24, 2.45) is 4.99 Å². The van der Waals surface area contributed by atoms with Crippen molar-refractivity contribution >= 4 is 28.3 Å². The molecule has 1 aliphatic heterocycles. The van der Waals surface area contributed by atoms with Crippen LogP contribution in [0.25, 0.3) is 22.2 Å². The summed E-state index contributed by atoms with van der Waals surface area (Å²) in [4.78, 5) is 8.13. The van der Waals surface area contributed by atoms with Crippen molar-refractivity contribution in [1.82, 2.24) is 10.3 Å². The Labute approximate surface area is 157 Å². The van der Waals surface area contributed by atoms with E-state index >= 15 is 0 Å². The quantitative estimate of drug-likeness (QED) is 0.648. The molecule has 2 N–H and O–H groups in total. The van der Waals surface area contributed by atoms with Crippen molar-refractivity contribution in [1.29, 1.82) is 0 Å². The highest BCUT2D eigenvalue weighted by molar-refractivity contribution is 6.31. The smallest absolute Gasteiger partial charge is 0.131 e. The van der Waals surface area contributed by atoms with E-state index in [-0.39, 0.29) is 0 Å². The van der Waals surface area contributed by atoms with E-state index in [1.165, 1.54) is 0 Å². The van der Waals surface area contributed by atoms with Crippen molar-refractivity contribution in [2.45, 2.75) is 0 Å². The lowest BCUT2D eigenvalue weighted by molar-refractivity contribution is 0.146. The minimum absolute atomic E-state index is 0.534. The molecule has 3 aromatic rings. The number of methoxy groups -OCH3 is 1. The summed E-state index contributed by atoms with van der Waals surface area (Å²) in [6.07, 6.45) is 0. The Balaban J connectivity index is 1.75. The van der Waals surface area contributed by atoms with Crippen LogP contribution < -0.4 is 10.1 Å². The summed E-state index contributed by atoms with van der Waals surface area (Å²) < 4.78 is 10.7. The van der Waals surface area contributed by atoms with Crippen LogP contribution in [0.3, 0.4) is 0 Å². The molecule has 0 atom stereocenters. The molecule has 0 fully saturated rings.